The number of piperidine rings is 2. The molecule has 1 amide bonds. The number of aryl methyl sites for hydroxylation is 1. The maximum absolute atomic E-state index is 13.5. The van der Waals surface area contributed by atoms with E-state index in [4.69, 9.17) is 0 Å². The number of fused-ring (bicyclic) bond motifs is 2. The van der Waals surface area contributed by atoms with E-state index in [1.807, 2.05) is 30.0 Å². The molecule has 4 heterocycles. The first-order chi connectivity index (χ1) is 14.6. The van der Waals surface area contributed by atoms with Gasteiger partial charge in [-0.05, 0) is 53.2 Å². The molecule has 2 bridgehead atoms. The van der Waals surface area contributed by atoms with Crippen molar-refractivity contribution in [2.24, 2.45) is 11.8 Å². The third-order valence-electron chi connectivity index (χ3n) is 5.77. The first kappa shape index (κ1) is 19.2. The second-order valence-electron chi connectivity index (χ2n) is 8.12. The molecule has 0 spiro atoms. The molecule has 2 atom stereocenters. The Balaban J connectivity index is 1.36. The van der Waals surface area contributed by atoms with Crippen molar-refractivity contribution < 1.29 is 4.79 Å². The van der Waals surface area contributed by atoms with Gasteiger partial charge in [0.05, 0.1) is 28.1 Å². The highest BCUT2D eigenvalue weighted by Crippen LogP contribution is 2.31. The lowest BCUT2D eigenvalue weighted by molar-refractivity contribution is 0.0563. The van der Waals surface area contributed by atoms with Gasteiger partial charge in [0.2, 0.25) is 5.95 Å². The van der Waals surface area contributed by atoms with Crippen LogP contribution in [-0.4, -0.2) is 61.9 Å². The summed E-state index contributed by atoms with van der Waals surface area (Å²) in [7, 11) is 0. The summed E-state index contributed by atoms with van der Waals surface area (Å²) in [5, 5.41) is 8.44. The Morgan fingerprint density at radius 1 is 1.03 bits per heavy atom. The number of amides is 1. The first-order valence-corrected chi connectivity index (χ1v) is 10.9. The Morgan fingerprint density at radius 3 is 2.37 bits per heavy atom. The number of anilines is 1. The van der Waals surface area contributed by atoms with Crippen molar-refractivity contribution in [3.63, 3.8) is 0 Å². The van der Waals surface area contributed by atoms with Crippen LogP contribution in [0.4, 0.5) is 5.95 Å². The van der Waals surface area contributed by atoms with Crippen LogP contribution in [0.2, 0.25) is 0 Å². The normalized spacial score (nSPS) is 21.0. The summed E-state index contributed by atoms with van der Waals surface area (Å²) in [6.45, 7) is 5.20. The van der Waals surface area contributed by atoms with E-state index in [1.165, 1.54) is 4.80 Å². The number of aromatic nitrogens is 5. The van der Waals surface area contributed by atoms with Gasteiger partial charge >= 0.3 is 0 Å². The monoisotopic (exact) mass is 467 g/mol. The van der Waals surface area contributed by atoms with E-state index < -0.39 is 0 Å². The molecule has 0 saturated carbocycles. The van der Waals surface area contributed by atoms with Crippen molar-refractivity contribution >= 4 is 27.8 Å². The van der Waals surface area contributed by atoms with Crippen LogP contribution in [0.5, 0.6) is 0 Å². The first-order valence-electron chi connectivity index (χ1n) is 10.1. The van der Waals surface area contributed by atoms with Gasteiger partial charge in [-0.1, -0.05) is 11.6 Å². The van der Waals surface area contributed by atoms with Crippen LogP contribution in [0.25, 0.3) is 5.69 Å². The van der Waals surface area contributed by atoms with Crippen molar-refractivity contribution in [1.29, 1.82) is 0 Å². The summed E-state index contributed by atoms with van der Waals surface area (Å²) in [5.74, 6) is 1.63. The molecule has 30 heavy (non-hydrogen) atoms. The molecular weight excluding hydrogens is 446 g/mol. The topological polar surface area (TPSA) is 80.0 Å². The molecule has 5 rings (SSSR count). The van der Waals surface area contributed by atoms with Gasteiger partial charge < -0.3 is 9.80 Å². The van der Waals surface area contributed by atoms with E-state index in [1.54, 1.807) is 24.8 Å². The molecule has 1 aromatic carbocycles. The molecule has 9 heteroatoms. The zero-order valence-corrected chi connectivity index (χ0v) is 18.2. The molecule has 0 N–H and O–H groups in total. The SMILES string of the molecule is Cc1ccc(-n2nccn2)c(C(=O)N2CC3CC(C2)CN(c2ncc(Br)cn2)C3)c1. The minimum atomic E-state index is 0.0500. The summed E-state index contributed by atoms with van der Waals surface area (Å²) in [6, 6.07) is 5.84. The average Bonchev–Trinajstić information content (AvgIpc) is 3.27. The van der Waals surface area contributed by atoms with E-state index in [-0.39, 0.29) is 5.91 Å². The van der Waals surface area contributed by atoms with Crippen molar-refractivity contribution in [3.05, 3.63) is 58.6 Å². The molecule has 0 aliphatic carbocycles. The second-order valence-corrected chi connectivity index (χ2v) is 9.04. The van der Waals surface area contributed by atoms with Crippen LogP contribution in [0, 0.1) is 18.8 Å². The van der Waals surface area contributed by atoms with Gasteiger partial charge in [-0.25, -0.2) is 9.97 Å². The highest BCUT2D eigenvalue weighted by molar-refractivity contribution is 9.10. The number of nitrogens with zero attached hydrogens (tertiary/aromatic N) is 7. The predicted octanol–water partition coefficient (Wildman–Crippen LogP) is 2.73. The van der Waals surface area contributed by atoms with Crippen LogP contribution in [0.15, 0.2) is 47.5 Å². The molecule has 2 aliphatic rings. The maximum atomic E-state index is 13.5. The molecule has 3 aromatic rings. The van der Waals surface area contributed by atoms with Gasteiger partial charge in [0.25, 0.3) is 5.91 Å². The molecule has 2 aliphatic heterocycles. The quantitative estimate of drug-likeness (QED) is 0.588. The van der Waals surface area contributed by atoms with Gasteiger partial charge in [0, 0.05) is 38.6 Å². The fraction of sp³-hybridized carbons (Fsp3) is 0.381. The van der Waals surface area contributed by atoms with Crippen molar-refractivity contribution in [1.82, 2.24) is 29.9 Å². The average molecular weight is 468 g/mol. The van der Waals surface area contributed by atoms with E-state index in [9.17, 15) is 4.79 Å². The predicted molar refractivity (Wildman–Crippen MR) is 116 cm³/mol. The number of carbonyl (C=O) groups is 1. The minimum Gasteiger partial charge on any atom is -0.340 e. The highest BCUT2D eigenvalue weighted by atomic mass is 79.9. The van der Waals surface area contributed by atoms with Crippen LogP contribution in [-0.2, 0) is 0 Å². The standard InChI is InChI=1S/C21H22BrN7O/c1-14-2-3-19(29-25-4-5-26-29)18(6-14)20(30)27-10-15-7-16(11-27)13-28(12-15)21-23-8-17(22)9-24-21/h2-6,8-9,15-16H,7,10-13H2,1H3. The Labute approximate surface area is 183 Å². The fourth-order valence-corrected chi connectivity index (χ4v) is 4.79. The number of benzene rings is 1. The molecule has 2 aromatic heterocycles. The van der Waals surface area contributed by atoms with E-state index >= 15 is 0 Å². The zero-order chi connectivity index (χ0) is 20.7. The van der Waals surface area contributed by atoms with Gasteiger partial charge in [-0.3, -0.25) is 4.79 Å². The number of likely N-dealkylation sites (tertiary alicyclic amines) is 1. The van der Waals surface area contributed by atoms with Crippen LogP contribution >= 0.6 is 15.9 Å². The number of carbonyl (C=O) groups excluding carboxylic acids is 1. The van der Waals surface area contributed by atoms with E-state index in [2.05, 4.69) is 41.0 Å². The van der Waals surface area contributed by atoms with Gasteiger partial charge in [0.15, 0.2) is 0 Å². The summed E-state index contributed by atoms with van der Waals surface area (Å²) in [5.41, 5.74) is 2.42. The van der Waals surface area contributed by atoms with Crippen LogP contribution < -0.4 is 4.90 Å². The van der Waals surface area contributed by atoms with Gasteiger partial charge in [0.1, 0.15) is 0 Å². The van der Waals surface area contributed by atoms with E-state index in [0.717, 1.165) is 54.3 Å². The van der Waals surface area contributed by atoms with Gasteiger partial charge in [-0.2, -0.15) is 15.0 Å². The summed E-state index contributed by atoms with van der Waals surface area (Å²) in [6.07, 6.45) is 7.95. The molecule has 154 valence electrons. The molecule has 2 fully saturated rings. The van der Waals surface area contributed by atoms with Gasteiger partial charge in [-0.15, -0.1) is 0 Å². The Kier molecular flexibility index (Phi) is 4.98. The smallest absolute Gasteiger partial charge is 0.256 e. The maximum Gasteiger partial charge on any atom is 0.256 e. The third-order valence-corrected chi connectivity index (χ3v) is 6.18. The number of hydrogen-bond donors (Lipinski definition) is 0. The summed E-state index contributed by atoms with van der Waals surface area (Å²) >= 11 is 3.39. The number of halogens is 1. The van der Waals surface area contributed by atoms with Crippen molar-refractivity contribution in [2.45, 2.75) is 13.3 Å². The van der Waals surface area contributed by atoms with E-state index in [0.29, 0.717) is 17.4 Å². The largest absolute Gasteiger partial charge is 0.340 e. The Hall–Kier alpha value is -2.81. The lowest BCUT2D eigenvalue weighted by Crippen LogP contribution is -2.54. The lowest BCUT2D eigenvalue weighted by atomic mass is 9.84. The fourth-order valence-electron chi connectivity index (χ4n) is 4.58. The van der Waals surface area contributed by atoms with Crippen LogP contribution in [0.3, 0.4) is 0 Å². The second kappa shape index (κ2) is 7.79. The molecule has 8 nitrogen and oxygen atoms in total. The lowest BCUT2D eigenvalue weighted by Gasteiger charge is -2.45. The summed E-state index contributed by atoms with van der Waals surface area (Å²) in [4.78, 5) is 28.2. The van der Waals surface area contributed by atoms with Crippen LogP contribution in [0.1, 0.15) is 22.3 Å². The molecular formula is C21H22BrN7O. The van der Waals surface area contributed by atoms with Crippen molar-refractivity contribution in [3.8, 4) is 5.69 Å². The minimum absolute atomic E-state index is 0.0500. The number of rotatable bonds is 3. The highest BCUT2D eigenvalue weighted by Gasteiger charge is 2.37. The van der Waals surface area contributed by atoms with Crippen molar-refractivity contribution in [2.75, 3.05) is 31.1 Å². The Bertz CT molecular complexity index is 1040. The summed E-state index contributed by atoms with van der Waals surface area (Å²) < 4.78 is 0.876. The zero-order valence-electron chi connectivity index (χ0n) is 16.6. The third kappa shape index (κ3) is 3.69. The molecule has 0 radical (unpaired) electrons. The number of hydrogen-bond acceptors (Lipinski definition) is 6. The molecule has 2 saturated heterocycles. The Morgan fingerprint density at radius 2 is 1.70 bits per heavy atom. The molecule has 2 unspecified atom stereocenters.